The standard InChI is InChI=1S/C17H15N3O2S.C13H19NO/c1-11(21)13-10-23-15-9-19(7-5-12(13)15)17(22)14-8-18-16-4-2-3-6-20(14)16;1-3-11-5-4-6-12(9-11)15-13-7-8-14(2)10-13/h2-4,6,8,10H,5,7,9H2,1H3;4-6,9,13H,3,7-8,10H2,1-2H3. The molecule has 6 rings (SSSR count). The first-order valence-electron chi connectivity index (χ1n) is 13.2. The maximum Gasteiger partial charge on any atom is 0.272 e. The first-order valence-corrected chi connectivity index (χ1v) is 14.1. The highest BCUT2D eigenvalue weighted by Crippen LogP contribution is 2.29. The summed E-state index contributed by atoms with van der Waals surface area (Å²) in [5, 5.41) is 1.91. The number of likely N-dealkylation sites (tertiary alicyclic amines) is 1. The molecule has 1 atom stereocenters. The Bertz CT molecular complexity index is 1440. The van der Waals surface area contributed by atoms with E-state index in [4.69, 9.17) is 4.74 Å². The van der Waals surface area contributed by atoms with Crippen LogP contribution in [0.3, 0.4) is 0 Å². The number of ether oxygens (including phenoxy) is 1. The van der Waals surface area contributed by atoms with Crippen molar-refractivity contribution in [1.29, 1.82) is 0 Å². The summed E-state index contributed by atoms with van der Waals surface area (Å²) in [6, 6.07) is 14.1. The molecule has 4 aromatic rings. The fraction of sp³-hybridized carbons (Fsp3) is 0.367. The first kappa shape index (κ1) is 26.1. The summed E-state index contributed by atoms with van der Waals surface area (Å²) in [5.74, 6) is 1.10. The molecule has 198 valence electrons. The van der Waals surface area contributed by atoms with E-state index in [2.05, 4.69) is 48.1 Å². The van der Waals surface area contributed by atoms with Crippen molar-refractivity contribution in [3.63, 3.8) is 0 Å². The average molecular weight is 531 g/mol. The third-order valence-electron chi connectivity index (χ3n) is 7.21. The highest BCUT2D eigenvalue weighted by Gasteiger charge is 2.27. The van der Waals surface area contributed by atoms with Gasteiger partial charge in [0.15, 0.2) is 5.78 Å². The number of pyridine rings is 1. The maximum atomic E-state index is 12.8. The minimum absolute atomic E-state index is 0.0212. The molecule has 1 fully saturated rings. The van der Waals surface area contributed by atoms with Crippen molar-refractivity contribution in [2.24, 2.45) is 0 Å². The Hall–Kier alpha value is -3.49. The second-order valence-corrected chi connectivity index (χ2v) is 10.9. The lowest BCUT2D eigenvalue weighted by Gasteiger charge is -2.27. The second-order valence-electron chi connectivity index (χ2n) is 9.95. The number of likely N-dealkylation sites (N-methyl/N-ethyl adjacent to an activating group) is 1. The van der Waals surface area contributed by atoms with Crippen molar-refractivity contribution in [2.75, 3.05) is 26.7 Å². The molecule has 2 aliphatic heterocycles. The van der Waals surface area contributed by atoms with Gasteiger partial charge in [0.05, 0.1) is 12.7 Å². The van der Waals surface area contributed by atoms with Gasteiger partial charge in [0.25, 0.3) is 5.91 Å². The number of ketones is 1. The summed E-state index contributed by atoms with van der Waals surface area (Å²) >= 11 is 1.57. The van der Waals surface area contributed by atoms with Crippen LogP contribution in [0.25, 0.3) is 5.65 Å². The van der Waals surface area contributed by atoms with E-state index < -0.39 is 0 Å². The second kappa shape index (κ2) is 11.5. The van der Waals surface area contributed by atoms with Gasteiger partial charge < -0.3 is 14.5 Å². The predicted octanol–water partition coefficient (Wildman–Crippen LogP) is 5.13. The Morgan fingerprint density at radius 2 is 2.03 bits per heavy atom. The lowest BCUT2D eigenvalue weighted by Crippen LogP contribution is -2.36. The molecule has 2 aliphatic rings. The highest BCUT2D eigenvalue weighted by atomic mass is 32.1. The molecule has 0 spiro atoms. The molecular weight excluding hydrogens is 496 g/mol. The van der Waals surface area contributed by atoms with Crippen LogP contribution in [0.1, 0.15) is 57.1 Å². The fourth-order valence-corrected chi connectivity index (χ4v) is 6.22. The smallest absolute Gasteiger partial charge is 0.272 e. The largest absolute Gasteiger partial charge is 0.489 e. The molecule has 0 N–H and O–H groups in total. The van der Waals surface area contributed by atoms with Crippen LogP contribution < -0.4 is 4.74 Å². The minimum Gasteiger partial charge on any atom is -0.489 e. The van der Waals surface area contributed by atoms with E-state index in [1.807, 2.05) is 39.1 Å². The van der Waals surface area contributed by atoms with E-state index in [0.29, 0.717) is 24.9 Å². The van der Waals surface area contributed by atoms with Crippen LogP contribution in [0.4, 0.5) is 0 Å². The van der Waals surface area contributed by atoms with Crippen molar-refractivity contribution in [3.05, 3.63) is 87.5 Å². The Morgan fingerprint density at radius 1 is 1.16 bits per heavy atom. The Kier molecular flexibility index (Phi) is 7.90. The molecule has 1 unspecified atom stereocenters. The number of fused-ring (bicyclic) bond motifs is 2. The third-order valence-corrected chi connectivity index (χ3v) is 8.22. The molecular formula is C30H34N4O3S. The summed E-state index contributed by atoms with van der Waals surface area (Å²) in [7, 11) is 2.14. The summed E-state index contributed by atoms with van der Waals surface area (Å²) in [4.78, 5) is 34.0. The SMILES string of the molecule is CC(=O)c1csc2c1CCN(C(=O)c1cnc3ccccn13)C2.CCc1cccc(OC2CCN(C)C2)c1. The van der Waals surface area contributed by atoms with E-state index >= 15 is 0 Å². The molecule has 0 saturated carbocycles. The monoisotopic (exact) mass is 530 g/mol. The van der Waals surface area contributed by atoms with Crippen LogP contribution in [0, 0.1) is 0 Å². The van der Waals surface area contributed by atoms with E-state index in [1.54, 1.807) is 24.5 Å². The number of thiophene rings is 1. The molecule has 38 heavy (non-hydrogen) atoms. The lowest BCUT2D eigenvalue weighted by atomic mass is 10.0. The van der Waals surface area contributed by atoms with Crippen LogP contribution >= 0.6 is 11.3 Å². The van der Waals surface area contributed by atoms with Crippen LogP contribution in [0.15, 0.2) is 60.2 Å². The van der Waals surface area contributed by atoms with Crippen molar-refractivity contribution in [3.8, 4) is 5.75 Å². The molecule has 0 radical (unpaired) electrons. The molecule has 1 saturated heterocycles. The third kappa shape index (κ3) is 5.66. The molecule has 8 heteroatoms. The fourth-order valence-electron chi connectivity index (χ4n) is 5.07. The van der Waals surface area contributed by atoms with Crippen LogP contribution in [-0.4, -0.2) is 63.7 Å². The zero-order valence-corrected chi connectivity index (χ0v) is 23.0. The van der Waals surface area contributed by atoms with Gasteiger partial charge in [0.2, 0.25) is 0 Å². The quantitative estimate of drug-likeness (QED) is 0.335. The normalized spacial score (nSPS) is 17.1. The number of aryl methyl sites for hydroxylation is 1. The van der Waals surface area contributed by atoms with Crippen molar-refractivity contribution >= 4 is 28.7 Å². The number of amides is 1. The maximum absolute atomic E-state index is 12.8. The summed E-state index contributed by atoms with van der Waals surface area (Å²) in [6.45, 7) is 7.16. The van der Waals surface area contributed by atoms with E-state index in [-0.39, 0.29) is 11.7 Å². The van der Waals surface area contributed by atoms with E-state index in [0.717, 1.165) is 59.8 Å². The van der Waals surface area contributed by atoms with Gasteiger partial charge in [-0.25, -0.2) is 4.98 Å². The van der Waals surface area contributed by atoms with Gasteiger partial charge in [0.1, 0.15) is 23.2 Å². The lowest BCUT2D eigenvalue weighted by molar-refractivity contribution is 0.0730. The Morgan fingerprint density at radius 3 is 2.79 bits per heavy atom. The first-order chi connectivity index (χ1) is 18.4. The zero-order chi connectivity index (χ0) is 26.6. The number of aromatic nitrogens is 2. The van der Waals surface area contributed by atoms with Gasteiger partial charge >= 0.3 is 0 Å². The number of hydrogen-bond acceptors (Lipinski definition) is 6. The molecule has 0 bridgehead atoms. The van der Waals surface area contributed by atoms with Gasteiger partial charge in [-0.15, -0.1) is 11.3 Å². The Labute approximate surface area is 227 Å². The van der Waals surface area contributed by atoms with Crippen molar-refractivity contribution < 1.29 is 14.3 Å². The molecule has 1 aromatic carbocycles. The minimum atomic E-state index is -0.0212. The summed E-state index contributed by atoms with van der Waals surface area (Å²) in [6.07, 6.45) is 6.80. The number of nitrogens with zero attached hydrogens (tertiary/aromatic N) is 4. The van der Waals surface area contributed by atoms with E-state index in [9.17, 15) is 9.59 Å². The van der Waals surface area contributed by atoms with Gasteiger partial charge in [-0.3, -0.25) is 14.0 Å². The van der Waals surface area contributed by atoms with Crippen molar-refractivity contribution in [2.45, 2.75) is 45.8 Å². The summed E-state index contributed by atoms with van der Waals surface area (Å²) < 4.78 is 7.76. The van der Waals surface area contributed by atoms with Crippen molar-refractivity contribution in [1.82, 2.24) is 19.2 Å². The molecule has 0 aliphatic carbocycles. The number of benzene rings is 1. The van der Waals surface area contributed by atoms with Gasteiger partial charge in [-0.1, -0.05) is 25.1 Å². The molecule has 5 heterocycles. The molecule has 3 aromatic heterocycles. The summed E-state index contributed by atoms with van der Waals surface area (Å²) in [5.41, 5.74) is 4.62. The van der Waals surface area contributed by atoms with Gasteiger partial charge in [0, 0.05) is 41.7 Å². The van der Waals surface area contributed by atoms with Crippen LogP contribution in [-0.2, 0) is 19.4 Å². The number of imidazole rings is 1. The number of carbonyl (C=O) groups excluding carboxylic acids is 2. The van der Waals surface area contributed by atoms with Crippen LogP contribution in [0.2, 0.25) is 0 Å². The van der Waals surface area contributed by atoms with E-state index in [1.165, 1.54) is 5.56 Å². The van der Waals surface area contributed by atoms with Gasteiger partial charge in [-0.05, 0) is 68.6 Å². The average Bonchev–Trinajstić information content (AvgIpc) is 3.66. The van der Waals surface area contributed by atoms with Gasteiger partial charge in [-0.2, -0.15) is 0 Å². The molecule has 1 amide bonds. The number of hydrogen-bond donors (Lipinski definition) is 0. The highest BCUT2D eigenvalue weighted by molar-refractivity contribution is 7.10. The number of Topliss-reactive ketones (excluding diaryl/α,β-unsaturated/α-hetero) is 1. The Balaban J connectivity index is 0.000000170. The topological polar surface area (TPSA) is 67.2 Å². The number of rotatable bonds is 5. The molecule has 7 nitrogen and oxygen atoms in total. The zero-order valence-electron chi connectivity index (χ0n) is 22.2. The van der Waals surface area contributed by atoms with Crippen LogP contribution in [0.5, 0.6) is 5.75 Å². The number of carbonyl (C=O) groups is 2. The predicted molar refractivity (Wildman–Crippen MR) is 150 cm³/mol.